The molecule has 0 radical (unpaired) electrons. The average molecular weight is 423 g/mol. The van der Waals surface area contributed by atoms with E-state index in [1.54, 1.807) is 32.7 Å². The fourth-order valence-electron chi connectivity index (χ4n) is 4.15. The van der Waals surface area contributed by atoms with Gasteiger partial charge in [-0.2, -0.15) is 5.10 Å². The Balaban J connectivity index is 1.65. The molecule has 2 aliphatic heterocycles. The first-order valence-electron chi connectivity index (χ1n) is 9.69. The number of hydrogen-bond acceptors (Lipinski definition) is 7. The van der Waals surface area contributed by atoms with Crippen LogP contribution < -0.4 is 18.9 Å². The third kappa shape index (κ3) is 2.89. The lowest BCUT2D eigenvalue weighted by atomic mass is 9.97. The van der Waals surface area contributed by atoms with Gasteiger partial charge in [-0.3, -0.25) is 0 Å². The van der Waals surface area contributed by atoms with Crippen LogP contribution in [0.4, 0.5) is 0 Å². The SMILES string of the molecule is COc1ccc([C@H]2Oc3ccccc3[C@H]3CC(c4cccs4)=NN32)c(OC)c1OC. The summed E-state index contributed by atoms with van der Waals surface area (Å²) in [6, 6.07) is 16.2. The van der Waals surface area contributed by atoms with Crippen LogP contribution in [0.1, 0.15) is 34.7 Å². The van der Waals surface area contributed by atoms with Gasteiger partial charge < -0.3 is 18.9 Å². The third-order valence-corrected chi connectivity index (χ3v) is 6.42. The Bertz CT molecular complexity index is 1100. The zero-order valence-corrected chi connectivity index (χ0v) is 17.8. The highest BCUT2D eigenvalue weighted by Crippen LogP contribution is 2.51. The first kappa shape index (κ1) is 18.8. The smallest absolute Gasteiger partial charge is 0.217 e. The molecule has 1 aromatic heterocycles. The minimum Gasteiger partial charge on any atom is -0.493 e. The van der Waals surface area contributed by atoms with Gasteiger partial charge in [-0.25, -0.2) is 5.01 Å². The van der Waals surface area contributed by atoms with E-state index in [0.717, 1.165) is 29.0 Å². The van der Waals surface area contributed by atoms with Gasteiger partial charge in [-0.1, -0.05) is 24.3 Å². The number of rotatable bonds is 5. The molecule has 2 aromatic carbocycles. The van der Waals surface area contributed by atoms with Gasteiger partial charge in [0.15, 0.2) is 11.5 Å². The molecule has 3 aromatic rings. The number of hydrazone groups is 1. The van der Waals surface area contributed by atoms with Crippen molar-refractivity contribution in [3.05, 3.63) is 69.9 Å². The molecule has 0 N–H and O–H groups in total. The fraction of sp³-hybridized carbons (Fsp3) is 0.261. The first-order valence-corrected chi connectivity index (χ1v) is 10.6. The molecule has 0 aliphatic carbocycles. The molecule has 7 heteroatoms. The van der Waals surface area contributed by atoms with Crippen molar-refractivity contribution in [2.75, 3.05) is 21.3 Å². The predicted molar refractivity (Wildman–Crippen MR) is 116 cm³/mol. The summed E-state index contributed by atoms with van der Waals surface area (Å²) in [6.45, 7) is 0. The maximum atomic E-state index is 6.46. The summed E-state index contributed by atoms with van der Waals surface area (Å²) < 4.78 is 23.2. The van der Waals surface area contributed by atoms with E-state index in [9.17, 15) is 0 Å². The summed E-state index contributed by atoms with van der Waals surface area (Å²) in [5.41, 5.74) is 3.05. The zero-order chi connectivity index (χ0) is 20.7. The number of hydrogen-bond donors (Lipinski definition) is 0. The lowest BCUT2D eigenvalue weighted by molar-refractivity contribution is -0.0205. The maximum absolute atomic E-state index is 6.46. The molecule has 3 heterocycles. The largest absolute Gasteiger partial charge is 0.493 e. The number of fused-ring (bicyclic) bond motifs is 3. The molecule has 0 saturated carbocycles. The van der Waals surface area contributed by atoms with Crippen LogP contribution in [0.3, 0.4) is 0 Å². The lowest BCUT2D eigenvalue weighted by Gasteiger charge is -2.38. The quantitative estimate of drug-likeness (QED) is 0.578. The second-order valence-corrected chi connectivity index (χ2v) is 8.00. The summed E-state index contributed by atoms with van der Waals surface area (Å²) in [6.07, 6.45) is 0.379. The van der Waals surface area contributed by atoms with Gasteiger partial charge in [0.1, 0.15) is 5.75 Å². The van der Waals surface area contributed by atoms with E-state index >= 15 is 0 Å². The van der Waals surface area contributed by atoms with Crippen LogP contribution in [-0.2, 0) is 0 Å². The standard InChI is InChI=1S/C23H22N2O4S/c1-26-19-11-10-15(21(27-2)22(19)28-3)23-25-17(14-7-4-5-8-18(14)29-23)13-16(24-25)20-9-6-12-30-20/h4-12,17,23H,13H2,1-3H3/t17-,23-/m1/s1. The van der Waals surface area contributed by atoms with Crippen LogP contribution in [-0.4, -0.2) is 32.0 Å². The van der Waals surface area contributed by atoms with Crippen molar-refractivity contribution in [1.29, 1.82) is 0 Å². The Hall–Kier alpha value is -3.19. The number of benzene rings is 2. The number of thiophene rings is 1. The monoisotopic (exact) mass is 422 g/mol. The molecule has 0 unspecified atom stereocenters. The van der Waals surface area contributed by atoms with Gasteiger partial charge in [0.05, 0.1) is 43.5 Å². The van der Waals surface area contributed by atoms with E-state index < -0.39 is 6.23 Å². The lowest BCUT2D eigenvalue weighted by Crippen LogP contribution is -2.34. The van der Waals surface area contributed by atoms with Crippen molar-refractivity contribution >= 4 is 17.0 Å². The summed E-state index contributed by atoms with van der Waals surface area (Å²) in [5.74, 6) is 2.59. The van der Waals surface area contributed by atoms with Crippen molar-refractivity contribution in [3.8, 4) is 23.0 Å². The summed E-state index contributed by atoms with van der Waals surface area (Å²) in [7, 11) is 4.84. The van der Waals surface area contributed by atoms with Crippen molar-refractivity contribution in [3.63, 3.8) is 0 Å². The van der Waals surface area contributed by atoms with Crippen LogP contribution in [0.2, 0.25) is 0 Å². The summed E-state index contributed by atoms with van der Waals surface area (Å²) in [5, 5.41) is 9.11. The molecule has 0 bridgehead atoms. The molecule has 0 spiro atoms. The van der Waals surface area contributed by atoms with Crippen LogP contribution in [0.5, 0.6) is 23.0 Å². The van der Waals surface area contributed by atoms with Gasteiger partial charge in [-0.05, 0) is 29.6 Å². The maximum Gasteiger partial charge on any atom is 0.217 e. The zero-order valence-electron chi connectivity index (χ0n) is 17.0. The van der Waals surface area contributed by atoms with Crippen molar-refractivity contribution in [1.82, 2.24) is 5.01 Å². The van der Waals surface area contributed by atoms with E-state index in [1.807, 2.05) is 35.3 Å². The predicted octanol–water partition coefficient (Wildman–Crippen LogP) is 5.02. The molecular formula is C23H22N2O4S. The molecule has 0 fully saturated rings. The highest BCUT2D eigenvalue weighted by molar-refractivity contribution is 7.12. The molecule has 2 atom stereocenters. The molecule has 6 nitrogen and oxygen atoms in total. The van der Waals surface area contributed by atoms with Gasteiger partial charge >= 0.3 is 0 Å². The Morgan fingerprint density at radius 1 is 0.933 bits per heavy atom. The van der Waals surface area contributed by atoms with E-state index in [0.29, 0.717) is 17.2 Å². The van der Waals surface area contributed by atoms with Crippen LogP contribution in [0.15, 0.2) is 59.0 Å². The van der Waals surface area contributed by atoms with E-state index in [2.05, 4.69) is 23.6 Å². The van der Waals surface area contributed by atoms with Gasteiger partial charge in [-0.15, -0.1) is 11.3 Å². The average Bonchev–Trinajstić information content (AvgIpc) is 3.47. The van der Waals surface area contributed by atoms with Crippen molar-refractivity contribution in [2.24, 2.45) is 5.10 Å². The minimum atomic E-state index is -0.447. The molecule has 0 amide bonds. The van der Waals surface area contributed by atoms with E-state index in [4.69, 9.17) is 24.0 Å². The van der Waals surface area contributed by atoms with E-state index in [-0.39, 0.29) is 6.04 Å². The van der Waals surface area contributed by atoms with Crippen molar-refractivity contribution in [2.45, 2.75) is 18.7 Å². The van der Waals surface area contributed by atoms with Crippen LogP contribution in [0.25, 0.3) is 0 Å². The normalized spacial score (nSPS) is 19.4. The minimum absolute atomic E-state index is 0.0925. The summed E-state index contributed by atoms with van der Waals surface area (Å²) >= 11 is 1.70. The van der Waals surface area contributed by atoms with Crippen LogP contribution >= 0.6 is 11.3 Å². The highest BCUT2D eigenvalue weighted by Gasteiger charge is 2.42. The second kappa shape index (κ2) is 7.57. The fourth-order valence-corrected chi connectivity index (χ4v) is 4.87. The van der Waals surface area contributed by atoms with Gasteiger partial charge in [0.2, 0.25) is 12.0 Å². The van der Waals surface area contributed by atoms with E-state index in [1.165, 1.54) is 4.88 Å². The Morgan fingerprint density at radius 3 is 2.50 bits per heavy atom. The topological polar surface area (TPSA) is 52.5 Å². The molecule has 30 heavy (non-hydrogen) atoms. The first-order chi connectivity index (χ1) is 14.7. The number of nitrogens with zero attached hydrogens (tertiary/aromatic N) is 2. The molecule has 5 rings (SSSR count). The number of methoxy groups -OCH3 is 3. The Labute approximate surface area is 179 Å². The third-order valence-electron chi connectivity index (χ3n) is 5.51. The molecular weight excluding hydrogens is 400 g/mol. The second-order valence-electron chi connectivity index (χ2n) is 7.06. The van der Waals surface area contributed by atoms with Crippen molar-refractivity contribution < 1.29 is 18.9 Å². The van der Waals surface area contributed by atoms with Crippen LogP contribution in [0, 0.1) is 0 Å². The highest BCUT2D eigenvalue weighted by atomic mass is 32.1. The Kier molecular flexibility index (Phi) is 4.75. The molecule has 2 aliphatic rings. The summed E-state index contributed by atoms with van der Waals surface area (Å²) in [4.78, 5) is 1.18. The number of ether oxygens (including phenoxy) is 4. The van der Waals surface area contributed by atoms with Gasteiger partial charge in [0, 0.05) is 12.0 Å². The Morgan fingerprint density at radius 2 is 1.77 bits per heavy atom. The van der Waals surface area contributed by atoms with Gasteiger partial charge in [0.25, 0.3) is 0 Å². The number of para-hydroxylation sites is 1. The molecule has 154 valence electrons. The molecule has 0 saturated heterocycles.